The van der Waals surface area contributed by atoms with Crippen molar-refractivity contribution in [3.05, 3.63) is 88.5 Å². The van der Waals surface area contributed by atoms with Gasteiger partial charge in [0.05, 0.1) is 17.6 Å². The highest BCUT2D eigenvalue weighted by Gasteiger charge is 2.41. The summed E-state index contributed by atoms with van der Waals surface area (Å²) in [6.07, 6.45) is -2.50. The highest BCUT2D eigenvalue weighted by Crippen LogP contribution is 2.42. The number of carbonyl (C=O) groups excluding carboxylic acids is 1. The average Bonchev–Trinajstić information content (AvgIpc) is 3.53. The Morgan fingerprint density at radius 3 is 2.41 bits per heavy atom. The molecule has 2 aromatic carbocycles. The number of fused-ring (bicyclic) bond motifs is 3. The summed E-state index contributed by atoms with van der Waals surface area (Å²) < 4.78 is 48.1. The van der Waals surface area contributed by atoms with Gasteiger partial charge in [-0.05, 0) is 55.0 Å². The van der Waals surface area contributed by atoms with Crippen molar-refractivity contribution in [2.24, 2.45) is 0 Å². The van der Waals surface area contributed by atoms with Crippen molar-refractivity contribution >= 4 is 23.2 Å². The fourth-order valence-electron chi connectivity index (χ4n) is 5.13. The van der Waals surface area contributed by atoms with E-state index in [1.54, 1.807) is 35.2 Å². The van der Waals surface area contributed by atoms with Crippen molar-refractivity contribution in [3.8, 4) is 16.9 Å². The Balaban J connectivity index is 1.23. The molecule has 6 rings (SSSR count). The minimum absolute atomic E-state index is 0.118. The van der Waals surface area contributed by atoms with Crippen LogP contribution in [0.3, 0.4) is 0 Å². The summed E-state index contributed by atoms with van der Waals surface area (Å²) in [5, 5.41) is 4.63. The lowest BCUT2D eigenvalue weighted by atomic mass is 9.94. The second kappa shape index (κ2) is 8.99. The number of furan rings is 1. The first-order valence-electron chi connectivity index (χ1n) is 12.0. The van der Waals surface area contributed by atoms with Crippen molar-refractivity contribution < 1.29 is 22.4 Å². The Bertz CT molecular complexity index is 1470. The van der Waals surface area contributed by atoms with Gasteiger partial charge in [-0.25, -0.2) is 4.68 Å². The van der Waals surface area contributed by atoms with Crippen LogP contribution in [0.15, 0.2) is 65.3 Å². The van der Waals surface area contributed by atoms with E-state index in [9.17, 15) is 18.0 Å². The van der Waals surface area contributed by atoms with Crippen LogP contribution in [0, 0.1) is 0 Å². The largest absolute Gasteiger partial charge is 0.469 e. The molecule has 0 unspecified atom stereocenters. The third-order valence-electron chi connectivity index (χ3n) is 6.95. The van der Waals surface area contributed by atoms with Crippen LogP contribution in [0.2, 0.25) is 5.02 Å². The number of hydrogen-bond donors (Lipinski definition) is 0. The number of rotatable bonds is 3. The van der Waals surface area contributed by atoms with E-state index in [2.05, 4.69) is 10.00 Å². The Morgan fingerprint density at radius 2 is 1.70 bits per heavy atom. The predicted octanol–water partition coefficient (Wildman–Crippen LogP) is 5.87. The van der Waals surface area contributed by atoms with Crippen molar-refractivity contribution in [3.63, 3.8) is 0 Å². The Kier molecular flexibility index (Phi) is 5.75. The van der Waals surface area contributed by atoms with E-state index in [0.717, 1.165) is 5.69 Å². The highest BCUT2D eigenvalue weighted by molar-refractivity contribution is 6.30. The number of aryl methyl sites for hydroxylation is 1. The fraction of sp³-hybridized carbons (Fsp3) is 0.259. The summed E-state index contributed by atoms with van der Waals surface area (Å²) in [6.45, 7) is 2.46. The quantitative estimate of drug-likeness (QED) is 0.335. The van der Waals surface area contributed by atoms with Gasteiger partial charge in [-0.15, -0.1) is 0 Å². The topological polar surface area (TPSA) is 54.5 Å². The molecule has 1 aliphatic heterocycles. The van der Waals surface area contributed by atoms with E-state index in [-0.39, 0.29) is 17.9 Å². The van der Waals surface area contributed by atoms with Crippen molar-refractivity contribution in [1.29, 1.82) is 0 Å². The molecule has 1 aliphatic carbocycles. The molecule has 10 heteroatoms. The maximum Gasteiger partial charge on any atom is 0.435 e. The molecule has 37 heavy (non-hydrogen) atoms. The molecular formula is C27H22ClF3N4O2. The number of piperazine rings is 1. The smallest absolute Gasteiger partial charge is 0.435 e. The summed E-state index contributed by atoms with van der Waals surface area (Å²) in [6, 6.07) is 15.9. The number of carbonyl (C=O) groups is 1. The molecule has 2 aliphatic rings. The van der Waals surface area contributed by atoms with Gasteiger partial charge < -0.3 is 14.2 Å². The Morgan fingerprint density at radius 1 is 0.946 bits per heavy atom. The zero-order chi connectivity index (χ0) is 25.7. The number of nitrogens with zero attached hydrogens (tertiary/aromatic N) is 4. The molecule has 0 atom stereocenters. The molecule has 190 valence electrons. The van der Waals surface area contributed by atoms with E-state index < -0.39 is 11.9 Å². The number of benzene rings is 2. The van der Waals surface area contributed by atoms with E-state index >= 15 is 0 Å². The van der Waals surface area contributed by atoms with Gasteiger partial charge in [-0.3, -0.25) is 4.79 Å². The summed E-state index contributed by atoms with van der Waals surface area (Å²) in [5.41, 5.74) is 2.22. The summed E-state index contributed by atoms with van der Waals surface area (Å²) >= 11 is 6.10. The number of amides is 1. The minimum atomic E-state index is -4.57. The molecule has 0 spiro atoms. The lowest BCUT2D eigenvalue weighted by Crippen LogP contribution is -2.48. The first-order chi connectivity index (χ1) is 17.8. The maximum atomic E-state index is 13.8. The zero-order valence-electron chi connectivity index (χ0n) is 19.6. The van der Waals surface area contributed by atoms with Crippen LogP contribution in [0.5, 0.6) is 0 Å². The van der Waals surface area contributed by atoms with Crippen LogP contribution in [0.1, 0.15) is 27.4 Å². The van der Waals surface area contributed by atoms with Crippen LogP contribution in [0.4, 0.5) is 18.9 Å². The van der Waals surface area contributed by atoms with Crippen LogP contribution in [-0.2, 0) is 19.0 Å². The third kappa shape index (κ3) is 4.27. The molecule has 3 heterocycles. The lowest BCUT2D eigenvalue weighted by molar-refractivity contribution is -0.142. The summed E-state index contributed by atoms with van der Waals surface area (Å²) in [5.74, 6) is 0.527. The van der Waals surface area contributed by atoms with Gasteiger partial charge in [-0.1, -0.05) is 17.7 Å². The molecule has 1 fully saturated rings. The van der Waals surface area contributed by atoms with Gasteiger partial charge in [0.2, 0.25) is 0 Å². The first-order valence-corrected chi connectivity index (χ1v) is 12.3. The Hall–Kier alpha value is -3.72. The fourth-order valence-corrected chi connectivity index (χ4v) is 5.32. The van der Waals surface area contributed by atoms with E-state index in [0.29, 0.717) is 65.9 Å². The molecule has 4 aromatic rings. The number of anilines is 1. The zero-order valence-corrected chi connectivity index (χ0v) is 20.4. The second-order valence-electron chi connectivity index (χ2n) is 9.15. The monoisotopic (exact) mass is 526 g/mol. The minimum Gasteiger partial charge on any atom is -0.469 e. The number of alkyl halides is 3. The summed E-state index contributed by atoms with van der Waals surface area (Å²) in [7, 11) is 0. The third-order valence-corrected chi connectivity index (χ3v) is 7.19. The maximum absolute atomic E-state index is 13.8. The molecule has 1 saturated heterocycles. The molecule has 2 aromatic heterocycles. The normalized spacial score (nSPS) is 15.5. The lowest BCUT2D eigenvalue weighted by Gasteiger charge is -2.36. The molecule has 0 bridgehead atoms. The van der Waals surface area contributed by atoms with Gasteiger partial charge in [0.1, 0.15) is 5.76 Å². The molecule has 1 amide bonds. The average molecular weight is 527 g/mol. The van der Waals surface area contributed by atoms with Crippen molar-refractivity contribution in [1.82, 2.24) is 14.7 Å². The Labute approximate surface area is 215 Å². The summed E-state index contributed by atoms with van der Waals surface area (Å²) in [4.78, 5) is 17.1. The van der Waals surface area contributed by atoms with Gasteiger partial charge in [0, 0.05) is 60.0 Å². The molecule has 0 saturated carbocycles. The van der Waals surface area contributed by atoms with E-state index in [1.807, 2.05) is 24.3 Å². The number of hydrogen-bond acceptors (Lipinski definition) is 4. The highest BCUT2D eigenvalue weighted by atomic mass is 35.5. The second-order valence-corrected chi connectivity index (χ2v) is 9.59. The van der Waals surface area contributed by atoms with Crippen LogP contribution in [-0.4, -0.2) is 46.8 Å². The standard InChI is InChI=1S/C27H22ClF3N4O2/c28-18-2-1-3-20(16-18)33-11-13-34(14-12-33)26(36)17-4-6-19(7-5-17)35-24-21-10-15-37-23(21)9-8-22(24)25(32-35)27(29,30)31/h1-7,10,15-16H,8-9,11-14H2. The van der Waals surface area contributed by atoms with Gasteiger partial charge in [0.25, 0.3) is 5.91 Å². The number of aromatic nitrogens is 2. The SMILES string of the molecule is O=C(c1ccc(-n2nc(C(F)(F)F)c3c2-c2ccoc2CC3)cc1)N1CCN(c2cccc(Cl)c2)CC1. The molecule has 0 N–H and O–H groups in total. The first kappa shape index (κ1) is 23.7. The molecule has 0 radical (unpaired) electrons. The number of halogens is 4. The van der Waals surface area contributed by atoms with Gasteiger partial charge in [0.15, 0.2) is 5.69 Å². The van der Waals surface area contributed by atoms with Crippen LogP contribution >= 0.6 is 11.6 Å². The van der Waals surface area contributed by atoms with Crippen LogP contribution < -0.4 is 4.90 Å². The van der Waals surface area contributed by atoms with Gasteiger partial charge >= 0.3 is 6.18 Å². The van der Waals surface area contributed by atoms with E-state index in [1.165, 1.54) is 10.9 Å². The van der Waals surface area contributed by atoms with Crippen molar-refractivity contribution in [2.45, 2.75) is 19.0 Å². The predicted molar refractivity (Wildman–Crippen MR) is 133 cm³/mol. The van der Waals surface area contributed by atoms with Crippen molar-refractivity contribution in [2.75, 3.05) is 31.1 Å². The van der Waals surface area contributed by atoms with Gasteiger partial charge in [-0.2, -0.15) is 18.3 Å². The van der Waals surface area contributed by atoms with E-state index in [4.69, 9.17) is 16.0 Å². The molecular weight excluding hydrogens is 505 g/mol. The van der Waals surface area contributed by atoms with Crippen LogP contribution in [0.25, 0.3) is 16.9 Å². The molecule has 6 nitrogen and oxygen atoms in total.